The normalized spacial score (nSPS) is 14.2. The molecule has 0 amide bonds. The SMILES string of the molecule is Cc1nc(-c2ccc3c(c2)OC(F)(F)O3)c(-c2cc(-c3cc(F)c(CO)c(S(C)(=O)=O)c3)ccc2-n2nc(C(F)(F)F)cc2Cl)o1. The Morgan fingerprint density at radius 1 is 0.978 bits per heavy atom. The van der Waals surface area contributed by atoms with Gasteiger partial charge in [0, 0.05) is 35.9 Å². The van der Waals surface area contributed by atoms with Crippen molar-refractivity contribution in [2.75, 3.05) is 6.26 Å². The summed E-state index contributed by atoms with van der Waals surface area (Å²) in [6.45, 7) is 0.557. The van der Waals surface area contributed by atoms with E-state index < -0.39 is 56.0 Å². The number of hydrogen-bond acceptors (Lipinski definition) is 8. The second kappa shape index (κ2) is 10.8. The fraction of sp³-hybridized carbons (Fsp3) is 0.172. The molecule has 0 fully saturated rings. The number of nitrogens with zero attached hydrogens (tertiary/aromatic N) is 3. The Hall–Kier alpha value is -4.54. The molecule has 0 saturated heterocycles. The lowest BCUT2D eigenvalue weighted by Crippen LogP contribution is -2.25. The molecule has 240 valence electrons. The number of fused-ring (bicyclic) bond motifs is 1. The van der Waals surface area contributed by atoms with Crippen LogP contribution in [0.5, 0.6) is 11.5 Å². The number of oxazole rings is 1. The summed E-state index contributed by atoms with van der Waals surface area (Å²) in [7, 11) is -4.02. The van der Waals surface area contributed by atoms with Crippen molar-refractivity contribution in [1.82, 2.24) is 14.8 Å². The molecule has 0 saturated carbocycles. The van der Waals surface area contributed by atoms with Gasteiger partial charge in [-0.1, -0.05) is 17.7 Å². The maximum absolute atomic E-state index is 15.0. The van der Waals surface area contributed by atoms with Crippen molar-refractivity contribution in [2.45, 2.75) is 30.9 Å². The highest BCUT2D eigenvalue weighted by molar-refractivity contribution is 7.90. The summed E-state index contributed by atoms with van der Waals surface area (Å²) in [5, 5.41) is 12.8. The van der Waals surface area contributed by atoms with Crippen molar-refractivity contribution in [3.8, 4) is 50.9 Å². The monoisotopic (exact) mass is 685 g/mol. The van der Waals surface area contributed by atoms with Crippen LogP contribution in [0.4, 0.5) is 26.3 Å². The minimum Gasteiger partial charge on any atom is -0.440 e. The number of rotatable bonds is 6. The van der Waals surface area contributed by atoms with Crippen molar-refractivity contribution >= 4 is 21.4 Å². The van der Waals surface area contributed by atoms with Crippen molar-refractivity contribution in [3.05, 3.63) is 82.7 Å². The molecule has 0 atom stereocenters. The molecule has 46 heavy (non-hydrogen) atoms. The average Bonchev–Trinajstić information content (AvgIpc) is 3.64. The van der Waals surface area contributed by atoms with E-state index in [1.165, 1.54) is 43.3 Å². The van der Waals surface area contributed by atoms with Gasteiger partial charge >= 0.3 is 12.5 Å². The summed E-state index contributed by atoms with van der Waals surface area (Å²) >= 11 is 6.19. The second-order valence-electron chi connectivity index (χ2n) is 10.1. The summed E-state index contributed by atoms with van der Waals surface area (Å²) < 4.78 is 124. The first-order valence-corrected chi connectivity index (χ1v) is 15.2. The van der Waals surface area contributed by atoms with Crippen molar-refractivity contribution in [2.24, 2.45) is 0 Å². The third-order valence-electron chi connectivity index (χ3n) is 6.88. The average molecular weight is 686 g/mol. The van der Waals surface area contributed by atoms with E-state index in [1.54, 1.807) is 0 Å². The quantitative estimate of drug-likeness (QED) is 0.187. The Morgan fingerprint density at radius 2 is 1.67 bits per heavy atom. The van der Waals surface area contributed by atoms with Gasteiger partial charge in [0.15, 0.2) is 38.7 Å². The molecule has 6 rings (SSSR count). The molecule has 0 radical (unpaired) electrons. The van der Waals surface area contributed by atoms with Crippen LogP contribution >= 0.6 is 11.6 Å². The number of sulfone groups is 1. The van der Waals surface area contributed by atoms with E-state index in [4.69, 9.17) is 16.0 Å². The molecule has 1 aliphatic rings. The molecule has 0 unspecified atom stereocenters. The number of aliphatic hydroxyl groups is 1. The molecule has 17 heteroatoms. The van der Waals surface area contributed by atoms with E-state index >= 15 is 4.39 Å². The fourth-order valence-electron chi connectivity index (χ4n) is 4.91. The molecule has 2 aromatic heterocycles. The molecule has 0 spiro atoms. The number of alkyl halides is 5. The zero-order valence-corrected chi connectivity index (χ0v) is 24.9. The lowest BCUT2D eigenvalue weighted by atomic mass is 9.97. The van der Waals surface area contributed by atoms with Crippen molar-refractivity contribution < 1.29 is 53.8 Å². The lowest BCUT2D eigenvalue weighted by molar-refractivity contribution is -0.286. The number of hydrogen-bond donors (Lipinski definition) is 1. The third-order valence-corrected chi connectivity index (χ3v) is 8.31. The standard InChI is InChI=1S/C29H18ClF6N3O6S/c1-13-37-26(15-4-6-21-22(9-15)45-29(35,36)44-21)27(43-13)17-7-14(16-8-19(31)18(12-40)23(10-16)46(2,41)42)3-5-20(17)39-25(30)11-24(38-39)28(32,33)34/h3-11,40H,12H2,1-2H3. The van der Waals surface area contributed by atoms with Crippen LogP contribution in [0.1, 0.15) is 17.1 Å². The zero-order chi connectivity index (χ0) is 33.3. The number of aliphatic hydroxyl groups excluding tert-OH is 1. The van der Waals surface area contributed by atoms with Gasteiger partial charge in [-0.05, 0) is 53.6 Å². The first kappa shape index (κ1) is 31.4. The number of benzene rings is 3. The Labute approximate surface area is 260 Å². The van der Waals surface area contributed by atoms with E-state index in [-0.39, 0.29) is 56.8 Å². The van der Waals surface area contributed by atoms with E-state index in [2.05, 4.69) is 19.6 Å². The van der Waals surface area contributed by atoms with Crippen molar-refractivity contribution in [3.63, 3.8) is 0 Å². The fourth-order valence-corrected chi connectivity index (χ4v) is 6.09. The van der Waals surface area contributed by atoms with Gasteiger partial charge in [0.1, 0.15) is 16.7 Å². The largest absolute Gasteiger partial charge is 0.586 e. The number of halogens is 7. The van der Waals surface area contributed by atoms with Gasteiger partial charge in [-0.15, -0.1) is 8.78 Å². The van der Waals surface area contributed by atoms with Gasteiger partial charge in [0.05, 0.1) is 17.2 Å². The maximum atomic E-state index is 15.0. The maximum Gasteiger partial charge on any atom is 0.586 e. The first-order valence-electron chi connectivity index (χ1n) is 12.9. The number of aryl methyl sites for hydroxylation is 1. The van der Waals surface area contributed by atoms with Gasteiger partial charge in [0.25, 0.3) is 0 Å². The van der Waals surface area contributed by atoms with Crippen LogP contribution in [0.25, 0.3) is 39.4 Å². The molecule has 0 bridgehead atoms. The first-order chi connectivity index (χ1) is 21.4. The molecule has 9 nitrogen and oxygen atoms in total. The summed E-state index contributed by atoms with van der Waals surface area (Å²) in [5.74, 6) is -1.62. The highest BCUT2D eigenvalue weighted by atomic mass is 35.5. The van der Waals surface area contributed by atoms with Crippen LogP contribution in [0.2, 0.25) is 5.15 Å². The van der Waals surface area contributed by atoms with Gasteiger partial charge in [-0.25, -0.2) is 22.5 Å². The summed E-state index contributed by atoms with van der Waals surface area (Å²) in [5.41, 5.74) is -1.42. The van der Waals surface area contributed by atoms with Crippen LogP contribution in [0, 0.1) is 12.7 Å². The van der Waals surface area contributed by atoms with Gasteiger partial charge in [0.2, 0.25) is 0 Å². The van der Waals surface area contributed by atoms with Gasteiger partial charge in [-0.2, -0.15) is 18.3 Å². The highest BCUT2D eigenvalue weighted by Gasteiger charge is 2.43. The van der Waals surface area contributed by atoms with E-state index in [9.17, 15) is 35.5 Å². The molecule has 3 aromatic carbocycles. The Kier molecular flexibility index (Phi) is 7.37. The Morgan fingerprint density at radius 3 is 2.33 bits per heavy atom. The molecule has 0 aliphatic carbocycles. The minimum atomic E-state index is -4.86. The molecular weight excluding hydrogens is 668 g/mol. The van der Waals surface area contributed by atoms with Crippen LogP contribution in [-0.2, 0) is 22.6 Å². The summed E-state index contributed by atoms with van der Waals surface area (Å²) in [4.78, 5) is 3.87. The van der Waals surface area contributed by atoms with Crippen LogP contribution < -0.4 is 9.47 Å². The smallest absolute Gasteiger partial charge is 0.440 e. The second-order valence-corrected chi connectivity index (χ2v) is 12.5. The summed E-state index contributed by atoms with van der Waals surface area (Å²) in [6.07, 6.45) is -7.93. The van der Waals surface area contributed by atoms with Gasteiger partial charge in [-0.3, -0.25) is 0 Å². The molecular formula is C29H18ClF6N3O6S. The third kappa shape index (κ3) is 5.67. The van der Waals surface area contributed by atoms with E-state index in [1.807, 2.05) is 0 Å². The lowest BCUT2D eigenvalue weighted by Gasteiger charge is -2.15. The van der Waals surface area contributed by atoms with Crippen molar-refractivity contribution in [1.29, 1.82) is 0 Å². The molecule has 1 N–H and O–H groups in total. The molecule has 1 aliphatic heterocycles. The predicted octanol–water partition coefficient (Wildman–Crippen LogP) is 7.20. The number of ether oxygens (including phenoxy) is 2. The Bertz CT molecular complexity index is 2150. The summed E-state index contributed by atoms with van der Waals surface area (Å²) in [6, 6.07) is 10.5. The topological polar surface area (TPSA) is 117 Å². The van der Waals surface area contributed by atoms with Crippen LogP contribution in [0.3, 0.4) is 0 Å². The van der Waals surface area contributed by atoms with E-state index in [0.717, 1.165) is 23.1 Å². The van der Waals surface area contributed by atoms with Crippen LogP contribution in [-0.4, -0.2) is 40.8 Å². The molecule has 5 aromatic rings. The van der Waals surface area contributed by atoms with Gasteiger partial charge < -0.3 is 19.0 Å². The zero-order valence-electron chi connectivity index (χ0n) is 23.3. The number of aromatic nitrogens is 3. The predicted molar refractivity (Wildman–Crippen MR) is 150 cm³/mol. The van der Waals surface area contributed by atoms with Crippen LogP contribution in [0.15, 0.2) is 63.9 Å². The Balaban J connectivity index is 1.60. The molecule has 3 heterocycles. The highest BCUT2D eigenvalue weighted by Crippen LogP contribution is 2.46. The minimum absolute atomic E-state index is 0.00219. The van der Waals surface area contributed by atoms with E-state index in [0.29, 0.717) is 6.07 Å².